The van der Waals surface area contributed by atoms with Gasteiger partial charge in [0.1, 0.15) is 22.6 Å². The summed E-state index contributed by atoms with van der Waals surface area (Å²) >= 11 is 1.53. The Bertz CT molecular complexity index is 1520. The van der Waals surface area contributed by atoms with Gasteiger partial charge < -0.3 is 9.64 Å². The van der Waals surface area contributed by atoms with Crippen LogP contribution in [0.3, 0.4) is 0 Å². The molecule has 1 N–H and O–H groups in total. The molecule has 1 fully saturated rings. The van der Waals surface area contributed by atoms with E-state index in [0.717, 1.165) is 57.8 Å². The maximum Gasteiger partial charge on any atom is 0.239 e. The normalized spacial score (nSPS) is 17.2. The zero-order valence-electron chi connectivity index (χ0n) is 22.1. The SMILES string of the molecule is CC(C)Oc1ccc(-c2ncc(-c3cccc4c3CC[C@H]4NS(=O)(=O)CC(=O)N3CCCCC3)s2)cc1C#N. The predicted octanol–water partition coefficient (Wildman–Crippen LogP) is 5.06. The number of hydrogen-bond donors (Lipinski definition) is 1. The van der Waals surface area contributed by atoms with Crippen LogP contribution in [0.25, 0.3) is 21.0 Å². The summed E-state index contributed by atoms with van der Waals surface area (Å²) in [6.45, 7) is 5.11. The van der Waals surface area contributed by atoms with Crippen LogP contribution in [0.2, 0.25) is 0 Å². The zero-order chi connectivity index (χ0) is 27.6. The molecule has 0 unspecified atom stereocenters. The summed E-state index contributed by atoms with van der Waals surface area (Å²) in [6, 6.07) is 13.3. The van der Waals surface area contributed by atoms with Crippen molar-refractivity contribution >= 4 is 27.3 Å². The first-order chi connectivity index (χ1) is 18.7. The Morgan fingerprint density at radius 3 is 2.77 bits per heavy atom. The molecule has 0 saturated carbocycles. The Morgan fingerprint density at radius 2 is 2.03 bits per heavy atom. The van der Waals surface area contributed by atoms with Gasteiger partial charge in [0.25, 0.3) is 0 Å². The number of fused-ring (bicyclic) bond motifs is 1. The fourth-order valence-corrected chi connectivity index (χ4v) is 7.54. The van der Waals surface area contributed by atoms with Gasteiger partial charge in [0.2, 0.25) is 15.9 Å². The average molecular weight is 565 g/mol. The minimum Gasteiger partial charge on any atom is -0.490 e. The van der Waals surface area contributed by atoms with E-state index in [1.54, 1.807) is 11.0 Å². The minimum absolute atomic E-state index is 0.0296. The third-order valence-corrected chi connectivity index (χ3v) is 9.45. The molecule has 2 heterocycles. The van der Waals surface area contributed by atoms with Crippen LogP contribution in [0.4, 0.5) is 0 Å². The number of hydrogen-bond acceptors (Lipinski definition) is 7. The predicted molar refractivity (Wildman–Crippen MR) is 152 cm³/mol. The van der Waals surface area contributed by atoms with E-state index < -0.39 is 15.8 Å². The fourth-order valence-electron chi connectivity index (χ4n) is 5.30. The maximum atomic E-state index is 12.9. The summed E-state index contributed by atoms with van der Waals surface area (Å²) in [6.07, 6.45) is 6.10. The van der Waals surface area contributed by atoms with Gasteiger partial charge in [-0.2, -0.15) is 5.26 Å². The van der Waals surface area contributed by atoms with Crippen molar-refractivity contribution in [3.63, 3.8) is 0 Å². The summed E-state index contributed by atoms with van der Waals surface area (Å²) in [5.41, 5.74) is 4.38. The number of nitriles is 1. The molecule has 2 aromatic carbocycles. The van der Waals surface area contributed by atoms with E-state index in [0.29, 0.717) is 30.8 Å². The minimum atomic E-state index is -3.77. The quantitative estimate of drug-likeness (QED) is 0.410. The molecule has 1 aliphatic carbocycles. The number of nitrogens with zero attached hydrogens (tertiary/aromatic N) is 3. The Labute approximate surface area is 233 Å². The molecule has 1 atom stereocenters. The molecule has 3 aromatic rings. The smallest absolute Gasteiger partial charge is 0.239 e. The van der Waals surface area contributed by atoms with Crippen molar-refractivity contribution in [1.82, 2.24) is 14.6 Å². The second-order valence-corrected chi connectivity index (χ2v) is 13.1. The van der Waals surface area contributed by atoms with Gasteiger partial charge in [0, 0.05) is 30.9 Å². The monoisotopic (exact) mass is 564 g/mol. The van der Waals surface area contributed by atoms with E-state index in [9.17, 15) is 18.5 Å². The van der Waals surface area contributed by atoms with Crippen molar-refractivity contribution in [3.8, 4) is 32.8 Å². The molecule has 0 spiro atoms. The van der Waals surface area contributed by atoms with E-state index in [1.165, 1.54) is 11.3 Å². The van der Waals surface area contributed by atoms with Gasteiger partial charge in [-0.3, -0.25) is 4.79 Å². The van der Waals surface area contributed by atoms with E-state index in [4.69, 9.17) is 4.74 Å². The van der Waals surface area contributed by atoms with Crippen LogP contribution in [-0.4, -0.2) is 49.2 Å². The Hall–Kier alpha value is -3.26. The number of carbonyl (C=O) groups is 1. The summed E-state index contributed by atoms with van der Waals surface area (Å²) in [4.78, 5) is 19.8. The number of ether oxygens (including phenoxy) is 1. The lowest BCUT2D eigenvalue weighted by Gasteiger charge is -2.27. The number of piperidine rings is 1. The number of carbonyl (C=O) groups excluding carboxylic acids is 1. The van der Waals surface area contributed by atoms with Gasteiger partial charge in [-0.1, -0.05) is 18.2 Å². The van der Waals surface area contributed by atoms with Crippen LogP contribution >= 0.6 is 11.3 Å². The van der Waals surface area contributed by atoms with Crippen molar-refractivity contribution in [3.05, 3.63) is 59.3 Å². The number of thiazole rings is 1. The largest absolute Gasteiger partial charge is 0.490 e. The third kappa shape index (κ3) is 6.16. The van der Waals surface area contributed by atoms with Crippen molar-refractivity contribution in [2.45, 2.75) is 58.1 Å². The van der Waals surface area contributed by atoms with Crippen LogP contribution in [0.5, 0.6) is 5.75 Å². The first-order valence-electron chi connectivity index (χ1n) is 13.3. The highest BCUT2D eigenvalue weighted by Gasteiger charge is 2.31. The standard InChI is InChI=1S/C29H32N4O4S2/c1-19(2)37-26-12-9-20(15-21(26)16-30)29-31-17-27(38-29)24-8-6-7-23-22(24)10-11-25(23)32-39(35,36)18-28(34)33-13-4-3-5-14-33/h6-9,12,15,17,19,25,32H,3-5,10-11,13-14,18H2,1-2H3/t25-/m1/s1. The molecule has 0 radical (unpaired) electrons. The summed E-state index contributed by atoms with van der Waals surface area (Å²) in [5, 5.41) is 10.4. The van der Waals surface area contributed by atoms with E-state index >= 15 is 0 Å². The van der Waals surface area contributed by atoms with Crippen LogP contribution in [0, 0.1) is 11.3 Å². The lowest BCUT2D eigenvalue weighted by Crippen LogP contribution is -2.42. The molecule has 1 aromatic heterocycles. The van der Waals surface area contributed by atoms with Crippen LogP contribution in [0.15, 0.2) is 42.6 Å². The van der Waals surface area contributed by atoms with Gasteiger partial charge in [0.15, 0.2) is 0 Å². The molecule has 0 bridgehead atoms. The maximum absolute atomic E-state index is 12.9. The van der Waals surface area contributed by atoms with Crippen molar-refractivity contribution < 1.29 is 17.9 Å². The number of nitrogens with one attached hydrogen (secondary N) is 1. The second kappa shape index (κ2) is 11.5. The van der Waals surface area contributed by atoms with Crippen molar-refractivity contribution in [2.75, 3.05) is 18.8 Å². The molecule has 2 aliphatic rings. The first-order valence-corrected chi connectivity index (χ1v) is 15.8. The second-order valence-electron chi connectivity index (χ2n) is 10.3. The number of aromatic nitrogens is 1. The topological polar surface area (TPSA) is 112 Å². The number of likely N-dealkylation sites (tertiary alicyclic amines) is 1. The Kier molecular flexibility index (Phi) is 8.03. The molecule has 204 valence electrons. The van der Waals surface area contributed by atoms with Crippen LogP contribution in [-0.2, 0) is 21.2 Å². The summed E-state index contributed by atoms with van der Waals surface area (Å²) < 4.78 is 34.3. The summed E-state index contributed by atoms with van der Waals surface area (Å²) in [5.74, 6) is -0.280. The van der Waals surface area contributed by atoms with E-state index in [-0.39, 0.29) is 18.1 Å². The van der Waals surface area contributed by atoms with Crippen molar-refractivity contribution in [1.29, 1.82) is 5.26 Å². The molecule has 39 heavy (non-hydrogen) atoms. The molecular weight excluding hydrogens is 532 g/mol. The average Bonchev–Trinajstić information content (AvgIpc) is 3.56. The van der Waals surface area contributed by atoms with Gasteiger partial charge in [0.05, 0.1) is 16.5 Å². The number of sulfonamides is 1. The van der Waals surface area contributed by atoms with Gasteiger partial charge in [-0.15, -0.1) is 11.3 Å². The number of amides is 1. The number of rotatable bonds is 8. The third-order valence-electron chi connectivity index (χ3n) is 7.10. The molecule has 8 nitrogen and oxygen atoms in total. The lowest BCUT2D eigenvalue weighted by atomic mass is 10.0. The Balaban J connectivity index is 1.33. The van der Waals surface area contributed by atoms with Crippen molar-refractivity contribution in [2.24, 2.45) is 0 Å². The fraction of sp³-hybridized carbons (Fsp3) is 0.414. The van der Waals surface area contributed by atoms with Gasteiger partial charge >= 0.3 is 0 Å². The highest BCUT2D eigenvalue weighted by molar-refractivity contribution is 7.90. The van der Waals surface area contributed by atoms with E-state index in [2.05, 4.69) is 15.8 Å². The summed E-state index contributed by atoms with van der Waals surface area (Å²) in [7, 11) is -3.77. The highest BCUT2D eigenvalue weighted by atomic mass is 32.2. The molecule has 1 aliphatic heterocycles. The molecule has 1 saturated heterocycles. The Morgan fingerprint density at radius 1 is 1.23 bits per heavy atom. The molecule has 10 heteroatoms. The van der Waals surface area contributed by atoms with Gasteiger partial charge in [-0.25, -0.2) is 18.1 Å². The first kappa shape index (κ1) is 27.3. The highest BCUT2D eigenvalue weighted by Crippen LogP contribution is 2.41. The molecular formula is C29H32N4O4S2. The number of benzene rings is 2. The van der Waals surface area contributed by atoms with Gasteiger partial charge in [-0.05, 0) is 80.8 Å². The molecule has 1 amide bonds. The van der Waals surface area contributed by atoms with Crippen LogP contribution < -0.4 is 9.46 Å². The lowest BCUT2D eigenvalue weighted by molar-refractivity contribution is -0.129. The molecule has 5 rings (SSSR count). The zero-order valence-corrected chi connectivity index (χ0v) is 23.8. The van der Waals surface area contributed by atoms with Crippen LogP contribution in [0.1, 0.15) is 62.3 Å². The van der Waals surface area contributed by atoms with E-state index in [1.807, 2.05) is 50.4 Å².